The average molecular weight is 140 g/mol. The first-order valence-corrected chi connectivity index (χ1v) is 3.32. The van der Waals surface area contributed by atoms with Gasteiger partial charge in [-0.15, -0.1) is 0 Å². The summed E-state index contributed by atoms with van der Waals surface area (Å²) in [6.45, 7) is 9.73. The van der Waals surface area contributed by atoms with Crippen molar-refractivity contribution in [3.8, 4) is 0 Å². The van der Waals surface area contributed by atoms with Gasteiger partial charge < -0.3 is 4.84 Å². The van der Waals surface area contributed by atoms with Crippen molar-refractivity contribution in [2.24, 2.45) is 5.16 Å². The van der Waals surface area contributed by atoms with Crippen molar-refractivity contribution < 1.29 is 4.84 Å². The minimum Gasteiger partial charge on any atom is -0.337 e. The van der Waals surface area contributed by atoms with Crippen LogP contribution in [0.1, 0.15) is 20.8 Å². The molecule has 3 nitrogen and oxygen atoms in total. The summed E-state index contributed by atoms with van der Waals surface area (Å²) in [4.78, 5) is 6.80. The van der Waals surface area contributed by atoms with Gasteiger partial charge in [0.15, 0.2) is 0 Å². The molecule has 0 amide bonds. The Morgan fingerprint density at radius 3 is 2.40 bits per heavy atom. The van der Waals surface area contributed by atoms with Gasteiger partial charge in [0, 0.05) is 6.04 Å². The maximum Gasteiger partial charge on any atom is 0.224 e. The molecule has 0 aromatic rings. The van der Waals surface area contributed by atoms with Gasteiger partial charge in [-0.3, -0.25) is 4.90 Å². The zero-order valence-corrected chi connectivity index (χ0v) is 6.59. The predicted octanol–water partition coefficient (Wildman–Crippen LogP) is 1.53. The highest BCUT2D eigenvalue weighted by molar-refractivity contribution is 5.82. The lowest BCUT2D eigenvalue weighted by atomic mass is 10.3. The van der Waals surface area contributed by atoms with Gasteiger partial charge in [0.1, 0.15) is 5.84 Å². The van der Waals surface area contributed by atoms with Crippen LogP contribution in [0.4, 0.5) is 0 Å². The fourth-order valence-electron chi connectivity index (χ4n) is 1.05. The lowest BCUT2D eigenvalue weighted by Gasteiger charge is -2.20. The molecular formula is C7H12N2O. The number of rotatable bonds is 1. The van der Waals surface area contributed by atoms with E-state index >= 15 is 0 Å². The molecule has 1 aliphatic heterocycles. The van der Waals surface area contributed by atoms with E-state index in [4.69, 9.17) is 4.84 Å². The van der Waals surface area contributed by atoms with Gasteiger partial charge in [-0.2, -0.15) is 0 Å². The fraction of sp³-hybridized carbons (Fsp3) is 0.571. The lowest BCUT2D eigenvalue weighted by molar-refractivity contribution is 0.187. The van der Waals surface area contributed by atoms with Crippen molar-refractivity contribution in [2.45, 2.75) is 26.8 Å². The third kappa shape index (κ3) is 0.988. The number of hydrogen-bond donors (Lipinski definition) is 0. The quantitative estimate of drug-likeness (QED) is 0.551. The van der Waals surface area contributed by atoms with Crippen LogP contribution in [0.25, 0.3) is 0 Å². The minimum absolute atomic E-state index is 0.374. The van der Waals surface area contributed by atoms with E-state index in [0.717, 1.165) is 5.84 Å². The van der Waals surface area contributed by atoms with Crippen molar-refractivity contribution in [3.63, 3.8) is 0 Å². The van der Waals surface area contributed by atoms with E-state index in [1.807, 2.05) is 11.8 Å². The summed E-state index contributed by atoms with van der Waals surface area (Å²) in [5.74, 6) is 1.49. The van der Waals surface area contributed by atoms with Crippen LogP contribution in [0.5, 0.6) is 0 Å². The van der Waals surface area contributed by atoms with E-state index < -0.39 is 0 Å². The summed E-state index contributed by atoms with van der Waals surface area (Å²) >= 11 is 0. The van der Waals surface area contributed by atoms with Crippen molar-refractivity contribution in [3.05, 3.63) is 12.5 Å². The molecule has 0 aromatic heterocycles. The van der Waals surface area contributed by atoms with Gasteiger partial charge in [-0.25, -0.2) is 0 Å². The molecule has 1 aliphatic rings. The second-order valence-electron chi connectivity index (χ2n) is 2.59. The average Bonchev–Trinajstić information content (AvgIpc) is 2.11. The minimum atomic E-state index is 0.374. The van der Waals surface area contributed by atoms with Crippen LogP contribution >= 0.6 is 0 Å². The Balaban J connectivity index is 2.74. The summed E-state index contributed by atoms with van der Waals surface area (Å²) in [5, 5.41) is 3.76. The highest BCUT2D eigenvalue weighted by atomic mass is 16.7. The van der Waals surface area contributed by atoms with Gasteiger partial charge in [-0.05, 0) is 27.4 Å². The molecule has 0 saturated carbocycles. The predicted molar refractivity (Wildman–Crippen MR) is 40.3 cm³/mol. The normalized spacial score (nSPS) is 17.8. The van der Waals surface area contributed by atoms with Crippen molar-refractivity contribution in [1.82, 2.24) is 4.90 Å². The molecule has 10 heavy (non-hydrogen) atoms. The fourth-order valence-corrected chi connectivity index (χ4v) is 1.05. The molecule has 1 heterocycles. The second kappa shape index (κ2) is 2.33. The molecule has 3 heteroatoms. The molecule has 0 spiro atoms. The summed E-state index contributed by atoms with van der Waals surface area (Å²) in [5.41, 5.74) is 0. The van der Waals surface area contributed by atoms with Crippen LogP contribution in [-0.2, 0) is 4.84 Å². The first-order valence-electron chi connectivity index (χ1n) is 3.32. The molecule has 0 aliphatic carbocycles. The van der Waals surface area contributed by atoms with Gasteiger partial charge >= 0.3 is 0 Å². The maximum atomic E-state index is 4.86. The Bertz CT molecular complexity index is 184. The molecule has 0 saturated heterocycles. The van der Waals surface area contributed by atoms with Crippen LogP contribution in [0.2, 0.25) is 0 Å². The molecule has 0 N–H and O–H groups in total. The molecular weight excluding hydrogens is 128 g/mol. The first kappa shape index (κ1) is 7.12. The SMILES string of the molecule is C=C1ON=C(C)N1C(C)C. The molecule has 0 fully saturated rings. The number of hydrogen-bond acceptors (Lipinski definition) is 3. The zero-order chi connectivity index (χ0) is 7.72. The molecule has 1 rings (SSSR count). The topological polar surface area (TPSA) is 24.8 Å². The number of nitrogens with zero attached hydrogens (tertiary/aromatic N) is 2. The Labute approximate surface area is 61.0 Å². The molecule has 0 aromatic carbocycles. The Morgan fingerprint density at radius 1 is 1.60 bits per heavy atom. The third-order valence-electron chi connectivity index (χ3n) is 1.42. The Morgan fingerprint density at radius 2 is 2.20 bits per heavy atom. The van der Waals surface area contributed by atoms with Crippen molar-refractivity contribution >= 4 is 5.84 Å². The van der Waals surface area contributed by atoms with Gasteiger partial charge in [0.05, 0.1) is 0 Å². The van der Waals surface area contributed by atoms with E-state index in [9.17, 15) is 0 Å². The molecule has 0 radical (unpaired) electrons. The van der Waals surface area contributed by atoms with Gasteiger partial charge in [-0.1, -0.05) is 5.16 Å². The molecule has 0 unspecified atom stereocenters. The van der Waals surface area contributed by atoms with Crippen LogP contribution in [0, 0.1) is 0 Å². The van der Waals surface area contributed by atoms with Crippen LogP contribution in [0.15, 0.2) is 17.6 Å². The van der Waals surface area contributed by atoms with E-state index in [-0.39, 0.29) is 0 Å². The molecule has 0 atom stereocenters. The summed E-state index contributed by atoms with van der Waals surface area (Å²) in [7, 11) is 0. The highest BCUT2D eigenvalue weighted by Crippen LogP contribution is 2.16. The maximum absolute atomic E-state index is 4.86. The number of amidine groups is 1. The van der Waals surface area contributed by atoms with E-state index in [2.05, 4.69) is 25.6 Å². The molecule has 0 bridgehead atoms. The monoisotopic (exact) mass is 140 g/mol. The van der Waals surface area contributed by atoms with Gasteiger partial charge in [0.25, 0.3) is 0 Å². The van der Waals surface area contributed by atoms with Crippen LogP contribution in [0.3, 0.4) is 0 Å². The Kier molecular flexibility index (Phi) is 1.66. The largest absolute Gasteiger partial charge is 0.337 e. The summed E-state index contributed by atoms with van der Waals surface area (Å²) in [6, 6.07) is 0.374. The van der Waals surface area contributed by atoms with E-state index in [1.54, 1.807) is 0 Å². The number of oxime groups is 1. The first-order chi connectivity index (χ1) is 4.63. The van der Waals surface area contributed by atoms with Gasteiger partial charge in [0.2, 0.25) is 5.88 Å². The lowest BCUT2D eigenvalue weighted by Crippen LogP contribution is -2.30. The van der Waals surface area contributed by atoms with Crippen molar-refractivity contribution in [1.29, 1.82) is 0 Å². The van der Waals surface area contributed by atoms with Crippen molar-refractivity contribution in [2.75, 3.05) is 0 Å². The summed E-state index contributed by atoms with van der Waals surface area (Å²) in [6.07, 6.45) is 0. The zero-order valence-electron chi connectivity index (χ0n) is 6.59. The highest BCUT2D eigenvalue weighted by Gasteiger charge is 2.21. The molecule has 56 valence electrons. The summed E-state index contributed by atoms with van der Waals surface area (Å²) < 4.78 is 0. The van der Waals surface area contributed by atoms with Crippen LogP contribution < -0.4 is 0 Å². The second-order valence-corrected chi connectivity index (χ2v) is 2.59. The third-order valence-corrected chi connectivity index (χ3v) is 1.42. The van der Waals surface area contributed by atoms with E-state index in [1.165, 1.54) is 0 Å². The Hall–Kier alpha value is -0.990. The van der Waals surface area contributed by atoms with E-state index in [0.29, 0.717) is 11.9 Å². The smallest absolute Gasteiger partial charge is 0.224 e. The van der Waals surface area contributed by atoms with Crippen LogP contribution in [-0.4, -0.2) is 16.8 Å². The standard InChI is InChI=1S/C7H12N2O/c1-5(2)9-6(3)8-10-7(9)4/h5H,4H2,1-3H3.